The summed E-state index contributed by atoms with van der Waals surface area (Å²) in [6, 6.07) is 14.2. The zero-order chi connectivity index (χ0) is 19.2. The molecule has 2 aromatic carbocycles. The molecule has 0 saturated carbocycles. The Balaban J connectivity index is 1.45. The Kier molecular flexibility index (Phi) is 6.42. The molecule has 0 unspecified atom stereocenters. The summed E-state index contributed by atoms with van der Waals surface area (Å²) in [5, 5.41) is 3.58. The van der Waals surface area contributed by atoms with Crippen molar-refractivity contribution >= 4 is 41.0 Å². The lowest BCUT2D eigenvalue weighted by atomic mass is 10.2. The second-order valence-corrected chi connectivity index (χ2v) is 6.89. The van der Waals surface area contributed by atoms with Gasteiger partial charge in [0.25, 0.3) is 0 Å². The van der Waals surface area contributed by atoms with E-state index in [9.17, 15) is 9.59 Å². The minimum atomic E-state index is -0.372. The number of nitrogens with zero attached hydrogens (tertiary/aromatic N) is 2. The van der Waals surface area contributed by atoms with Crippen LogP contribution in [0.5, 0.6) is 0 Å². The van der Waals surface area contributed by atoms with Crippen molar-refractivity contribution in [3.63, 3.8) is 0 Å². The minimum absolute atomic E-state index is 0.234. The molecule has 1 heterocycles. The maximum absolute atomic E-state index is 12.4. The number of hydrogen-bond donors (Lipinski definition) is 1. The van der Waals surface area contributed by atoms with Crippen molar-refractivity contribution in [2.75, 3.05) is 31.5 Å². The second-order valence-electron chi connectivity index (χ2n) is 6.07. The van der Waals surface area contributed by atoms with Crippen LogP contribution in [0.4, 0.5) is 15.3 Å². The normalized spacial score (nSPS) is 14.0. The first kappa shape index (κ1) is 19.3. The van der Waals surface area contributed by atoms with Gasteiger partial charge in [-0.3, -0.25) is 0 Å². The standard InChI is InChI=1S/C19H19Cl2N3O3/c20-16-7-6-15(12-17(16)21)22-18(25)23-8-10-24(11-9-23)19(26)27-13-14-4-2-1-3-5-14/h1-7,12H,8-11,13H2,(H,22,25). The topological polar surface area (TPSA) is 61.9 Å². The van der Waals surface area contributed by atoms with Gasteiger partial charge in [-0.15, -0.1) is 0 Å². The van der Waals surface area contributed by atoms with Gasteiger partial charge in [0.05, 0.1) is 10.0 Å². The van der Waals surface area contributed by atoms with Crippen LogP contribution >= 0.6 is 23.2 Å². The monoisotopic (exact) mass is 407 g/mol. The molecular formula is C19H19Cl2N3O3. The van der Waals surface area contributed by atoms with Crippen LogP contribution in [0.1, 0.15) is 5.56 Å². The summed E-state index contributed by atoms with van der Waals surface area (Å²) in [5.74, 6) is 0. The molecule has 1 fully saturated rings. The van der Waals surface area contributed by atoms with Crippen LogP contribution in [0.25, 0.3) is 0 Å². The van der Waals surface area contributed by atoms with E-state index in [1.807, 2.05) is 30.3 Å². The lowest BCUT2D eigenvalue weighted by Crippen LogP contribution is -2.51. The number of piperazine rings is 1. The Labute approximate surface area is 167 Å². The van der Waals surface area contributed by atoms with Crippen molar-refractivity contribution in [2.45, 2.75) is 6.61 Å². The van der Waals surface area contributed by atoms with Crippen LogP contribution in [0.15, 0.2) is 48.5 Å². The largest absolute Gasteiger partial charge is 0.445 e. The number of amides is 3. The van der Waals surface area contributed by atoms with Crippen LogP contribution in [0.3, 0.4) is 0 Å². The van der Waals surface area contributed by atoms with E-state index in [-0.39, 0.29) is 18.7 Å². The highest BCUT2D eigenvalue weighted by atomic mass is 35.5. The second kappa shape index (κ2) is 8.97. The van der Waals surface area contributed by atoms with Crippen molar-refractivity contribution in [3.05, 3.63) is 64.1 Å². The van der Waals surface area contributed by atoms with E-state index in [0.717, 1.165) is 5.56 Å². The highest BCUT2D eigenvalue weighted by molar-refractivity contribution is 6.42. The summed E-state index contributed by atoms with van der Waals surface area (Å²) >= 11 is 11.8. The van der Waals surface area contributed by atoms with E-state index in [0.29, 0.717) is 41.9 Å². The molecule has 27 heavy (non-hydrogen) atoms. The number of benzene rings is 2. The number of carbonyl (C=O) groups excluding carboxylic acids is 2. The van der Waals surface area contributed by atoms with Crippen LogP contribution in [-0.2, 0) is 11.3 Å². The van der Waals surface area contributed by atoms with Gasteiger partial charge in [0, 0.05) is 31.9 Å². The first-order valence-corrected chi connectivity index (χ1v) is 9.25. The van der Waals surface area contributed by atoms with E-state index >= 15 is 0 Å². The minimum Gasteiger partial charge on any atom is -0.445 e. The average molecular weight is 408 g/mol. The van der Waals surface area contributed by atoms with E-state index < -0.39 is 0 Å². The number of ether oxygens (including phenoxy) is 1. The predicted molar refractivity (Wildman–Crippen MR) is 105 cm³/mol. The summed E-state index contributed by atoms with van der Waals surface area (Å²) < 4.78 is 5.32. The zero-order valence-electron chi connectivity index (χ0n) is 14.5. The number of nitrogens with one attached hydrogen (secondary N) is 1. The number of anilines is 1. The van der Waals surface area contributed by atoms with Crippen molar-refractivity contribution in [3.8, 4) is 0 Å². The van der Waals surface area contributed by atoms with Crippen molar-refractivity contribution < 1.29 is 14.3 Å². The van der Waals surface area contributed by atoms with Crippen LogP contribution < -0.4 is 5.32 Å². The van der Waals surface area contributed by atoms with Gasteiger partial charge in [-0.1, -0.05) is 53.5 Å². The zero-order valence-corrected chi connectivity index (χ0v) is 16.0. The molecule has 0 spiro atoms. The summed E-state index contributed by atoms with van der Waals surface area (Å²) in [6.45, 7) is 1.92. The predicted octanol–water partition coefficient (Wildman–Crippen LogP) is 4.48. The van der Waals surface area contributed by atoms with E-state index in [4.69, 9.17) is 27.9 Å². The van der Waals surface area contributed by atoms with Crippen LogP contribution in [0.2, 0.25) is 10.0 Å². The lowest BCUT2D eigenvalue weighted by Gasteiger charge is -2.34. The van der Waals surface area contributed by atoms with Crippen LogP contribution in [0, 0.1) is 0 Å². The summed E-state index contributed by atoms with van der Waals surface area (Å²) in [5.41, 5.74) is 1.50. The van der Waals surface area contributed by atoms with Gasteiger partial charge < -0.3 is 19.9 Å². The fourth-order valence-corrected chi connectivity index (χ4v) is 2.98. The maximum Gasteiger partial charge on any atom is 0.410 e. The summed E-state index contributed by atoms with van der Waals surface area (Å²) in [6.07, 6.45) is -0.372. The van der Waals surface area contributed by atoms with Crippen molar-refractivity contribution in [1.29, 1.82) is 0 Å². The molecule has 1 saturated heterocycles. The van der Waals surface area contributed by atoms with Gasteiger partial charge >= 0.3 is 12.1 Å². The molecule has 0 aromatic heterocycles. The van der Waals surface area contributed by atoms with E-state index in [1.54, 1.807) is 28.0 Å². The SMILES string of the molecule is O=C(Nc1ccc(Cl)c(Cl)c1)N1CCN(C(=O)OCc2ccccc2)CC1. The quantitative estimate of drug-likeness (QED) is 0.815. The summed E-state index contributed by atoms with van der Waals surface area (Å²) in [7, 11) is 0. The number of hydrogen-bond acceptors (Lipinski definition) is 3. The number of urea groups is 1. The van der Waals surface area contributed by atoms with Crippen molar-refractivity contribution in [1.82, 2.24) is 9.80 Å². The molecule has 1 N–H and O–H groups in total. The first-order valence-electron chi connectivity index (χ1n) is 8.49. The molecule has 0 bridgehead atoms. The molecule has 3 amide bonds. The Morgan fingerprint density at radius 3 is 2.26 bits per heavy atom. The molecule has 0 atom stereocenters. The molecule has 0 radical (unpaired) electrons. The van der Waals surface area contributed by atoms with Gasteiger partial charge in [-0.05, 0) is 23.8 Å². The fraction of sp³-hybridized carbons (Fsp3) is 0.263. The van der Waals surface area contributed by atoms with Gasteiger partial charge in [0.1, 0.15) is 6.61 Å². The van der Waals surface area contributed by atoms with Gasteiger partial charge in [0.2, 0.25) is 0 Å². The third-order valence-corrected chi connectivity index (χ3v) is 4.94. The first-order chi connectivity index (χ1) is 13.0. The summed E-state index contributed by atoms with van der Waals surface area (Å²) in [4.78, 5) is 27.8. The smallest absolute Gasteiger partial charge is 0.410 e. The van der Waals surface area contributed by atoms with Gasteiger partial charge in [-0.25, -0.2) is 9.59 Å². The molecule has 142 valence electrons. The lowest BCUT2D eigenvalue weighted by molar-refractivity contribution is 0.0782. The van der Waals surface area contributed by atoms with Gasteiger partial charge in [-0.2, -0.15) is 0 Å². The molecule has 0 aliphatic carbocycles. The highest BCUT2D eigenvalue weighted by Crippen LogP contribution is 2.25. The Hall–Kier alpha value is -2.44. The third-order valence-electron chi connectivity index (χ3n) is 4.20. The molecule has 1 aliphatic rings. The molecular weight excluding hydrogens is 389 g/mol. The molecule has 1 aliphatic heterocycles. The van der Waals surface area contributed by atoms with E-state index in [2.05, 4.69) is 5.32 Å². The van der Waals surface area contributed by atoms with Crippen LogP contribution in [-0.4, -0.2) is 48.1 Å². The van der Waals surface area contributed by atoms with Crippen molar-refractivity contribution in [2.24, 2.45) is 0 Å². The number of carbonyl (C=O) groups is 2. The molecule has 2 aromatic rings. The highest BCUT2D eigenvalue weighted by Gasteiger charge is 2.25. The maximum atomic E-state index is 12.4. The van der Waals surface area contributed by atoms with Gasteiger partial charge in [0.15, 0.2) is 0 Å². The Morgan fingerprint density at radius 1 is 0.926 bits per heavy atom. The molecule has 6 nitrogen and oxygen atoms in total. The fourth-order valence-electron chi connectivity index (χ4n) is 2.68. The Morgan fingerprint density at radius 2 is 1.59 bits per heavy atom. The Bertz CT molecular complexity index is 809. The molecule has 8 heteroatoms. The number of rotatable bonds is 3. The third kappa shape index (κ3) is 5.28. The number of halogens is 2. The molecule has 3 rings (SSSR count). The van der Waals surface area contributed by atoms with E-state index in [1.165, 1.54) is 0 Å². The average Bonchev–Trinajstić information content (AvgIpc) is 2.70.